The molecule has 0 aliphatic rings. The predicted molar refractivity (Wildman–Crippen MR) is 105 cm³/mol. The highest BCUT2D eigenvalue weighted by Gasteiger charge is 2.12. The van der Waals surface area contributed by atoms with E-state index in [1.165, 1.54) is 0 Å². The van der Waals surface area contributed by atoms with Gasteiger partial charge in [0.1, 0.15) is 13.2 Å². The van der Waals surface area contributed by atoms with Crippen molar-refractivity contribution in [2.75, 3.05) is 6.54 Å². The van der Waals surface area contributed by atoms with Gasteiger partial charge in [-0.25, -0.2) is 4.98 Å². The second-order valence-electron chi connectivity index (χ2n) is 6.02. The molecule has 3 rings (SSSR count). The SMILES string of the molecule is O=C(CCc1ncc(-c2ccccc2Cl)o1)NCC(=O)OCc1ccccc1. The van der Waals surface area contributed by atoms with Gasteiger partial charge in [-0.3, -0.25) is 9.59 Å². The Balaban J connectivity index is 1.40. The number of oxazole rings is 1. The monoisotopic (exact) mass is 398 g/mol. The summed E-state index contributed by atoms with van der Waals surface area (Å²) in [5.41, 5.74) is 1.63. The molecule has 1 N–H and O–H groups in total. The van der Waals surface area contributed by atoms with Crippen LogP contribution in [-0.4, -0.2) is 23.4 Å². The van der Waals surface area contributed by atoms with Crippen LogP contribution >= 0.6 is 11.6 Å². The molecule has 0 spiro atoms. The van der Waals surface area contributed by atoms with E-state index in [0.29, 0.717) is 23.1 Å². The first-order chi connectivity index (χ1) is 13.6. The lowest BCUT2D eigenvalue weighted by atomic mass is 10.2. The Kier molecular flexibility index (Phi) is 6.81. The van der Waals surface area contributed by atoms with E-state index in [4.69, 9.17) is 20.8 Å². The molecule has 0 fully saturated rings. The van der Waals surface area contributed by atoms with Crippen LogP contribution in [-0.2, 0) is 27.4 Å². The van der Waals surface area contributed by atoms with E-state index in [1.807, 2.05) is 48.5 Å². The fourth-order valence-electron chi connectivity index (χ4n) is 2.48. The van der Waals surface area contributed by atoms with Crippen LogP contribution in [0.2, 0.25) is 5.02 Å². The van der Waals surface area contributed by atoms with Crippen LogP contribution in [0.15, 0.2) is 65.2 Å². The number of carbonyl (C=O) groups excluding carboxylic acids is 2. The first-order valence-corrected chi connectivity index (χ1v) is 9.15. The van der Waals surface area contributed by atoms with Gasteiger partial charge in [0.25, 0.3) is 0 Å². The van der Waals surface area contributed by atoms with Gasteiger partial charge in [-0.1, -0.05) is 54.1 Å². The maximum absolute atomic E-state index is 11.9. The third-order valence-corrected chi connectivity index (χ3v) is 4.26. The minimum Gasteiger partial charge on any atom is -0.460 e. The second kappa shape index (κ2) is 9.71. The maximum atomic E-state index is 11.9. The highest BCUT2D eigenvalue weighted by Crippen LogP contribution is 2.28. The number of nitrogens with zero attached hydrogens (tertiary/aromatic N) is 1. The molecule has 0 atom stereocenters. The van der Waals surface area contributed by atoms with Gasteiger partial charge in [-0.15, -0.1) is 0 Å². The van der Waals surface area contributed by atoms with Crippen LogP contribution in [0.1, 0.15) is 17.9 Å². The molecule has 0 bridgehead atoms. The Morgan fingerprint density at radius 2 is 1.82 bits per heavy atom. The summed E-state index contributed by atoms with van der Waals surface area (Å²) in [5, 5.41) is 3.10. The molecule has 7 heteroatoms. The molecule has 2 aromatic carbocycles. The van der Waals surface area contributed by atoms with Gasteiger partial charge in [0.15, 0.2) is 11.7 Å². The number of hydrogen-bond donors (Lipinski definition) is 1. The summed E-state index contributed by atoms with van der Waals surface area (Å²) in [6.45, 7) is -0.00119. The fraction of sp³-hybridized carbons (Fsp3) is 0.190. The van der Waals surface area contributed by atoms with Gasteiger partial charge >= 0.3 is 5.97 Å². The largest absolute Gasteiger partial charge is 0.460 e. The molecule has 0 radical (unpaired) electrons. The second-order valence-corrected chi connectivity index (χ2v) is 6.43. The molecule has 28 heavy (non-hydrogen) atoms. The van der Waals surface area contributed by atoms with Crippen LogP contribution in [0.5, 0.6) is 0 Å². The molecular weight excluding hydrogens is 380 g/mol. The van der Waals surface area contributed by atoms with E-state index >= 15 is 0 Å². The molecule has 1 amide bonds. The fourth-order valence-corrected chi connectivity index (χ4v) is 2.71. The molecule has 0 aliphatic heterocycles. The molecule has 1 aromatic heterocycles. The molecule has 6 nitrogen and oxygen atoms in total. The molecule has 0 saturated heterocycles. The van der Waals surface area contributed by atoms with E-state index in [1.54, 1.807) is 12.3 Å². The molecule has 0 aliphatic carbocycles. The van der Waals surface area contributed by atoms with Crippen LogP contribution in [0.4, 0.5) is 0 Å². The van der Waals surface area contributed by atoms with Crippen LogP contribution in [0, 0.1) is 0 Å². The summed E-state index contributed by atoms with van der Waals surface area (Å²) in [7, 11) is 0. The third kappa shape index (κ3) is 5.69. The average Bonchev–Trinajstić information content (AvgIpc) is 3.19. The number of nitrogens with one attached hydrogen (secondary N) is 1. The summed E-state index contributed by atoms with van der Waals surface area (Å²) >= 11 is 6.14. The van der Waals surface area contributed by atoms with E-state index in [9.17, 15) is 9.59 Å². The van der Waals surface area contributed by atoms with Crippen molar-refractivity contribution in [1.29, 1.82) is 0 Å². The first-order valence-electron chi connectivity index (χ1n) is 8.77. The van der Waals surface area contributed by atoms with Gasteiger partial charge in [0.05, 0.1) is 11.2 Å². The van der Waals surface area contributed by atoms with Crippen molar-refractivity contribution in [3.8, 4) is 11.3 Å². The van der Waals surface area contributed by atoms with E-state index < -0.39 is 5.97 Å². The minimum atomic E-state index is -0.491. The number of hydrogen-bond acceptors (Lipinski definition) is 5. The molecule has 3 aromatic rings. The van der Waals surface area contributed by atoms with Crippen LogP contribution in [0.25, 0.3) is 11.3 Å². The molecule has 144 valence electrons. The van der Waals surface area contributed by atoms with Crippen molar-refractivity contribution >= 4 is 23.5 Å². The maximum Gasteiger partial charge on any atom is 0.325 e. The average molecular weight is 399 g/mol. The lowest BCUT2D eigenvalue weighted by Gasteiger charge is -2.06. The van der Waals surface area contributed by atoms with Gasteiger partial charge in [0.2, 0.25) is 5.91 Å². The topological polar surface area (TPSA) is 81.4 Å². The Bertz CT molecular complexity index is 940. The summed E-state index contributed by atoms with van der Waals surface area (Å²) < 4.78 is 10.8. The Labute approximate surface area is 167 Å². The lowest BCUT2D eigenvalue weighted by molar-refractivity contribution is -0.145. The molecular formula is C21H19ClN2O4. The number of esters is 1. The quantitative estimate of drug-likeness (QED) is 0.584. The zero-order chi connectivity index (χ0) is 19.8. The zero-order valence-electron chi connectivity index (χ0n) is 15.1. The summed E-state index contributed by atoms with van der Waals surface area (Å²) in [4.78, 5) is 27.8. The highest BCUT2D eigenvalue weighted by molar-refractivity contribution is 6.33. The van der Waals surface area contributed by atoms with Gasteiger partial charge < -0.3 is 14.5 Å². The van der Waals surface area contributed by atoms with Gasteiger partial charge in [-0.2, -0.15) is 0 Å². The molecule has 0 unspecified atom stereocenters. The van der Waals surface area contributed by atoms with Crippen molar-refractivity contribution in [2.24, 2.45) is 0 Å². The highest BCUT2D eigenvalue weighted by atomic mass is 35.5. The third-order valence-electron chi connectivity index (χ3n) is 3.93. The number of aryl methyl sites for hydroxylation is 1. The van der Waals surface area contributed by atoms with Crippen molar-refractivity contribution in [1.82, 2.24) is 10.3 Å². The van der Waals surface area contributed by atoms with Crippen molar-refractivity contribution in [3.63, 3.8) is 0 Å². The van der Waals surface area contributed by atoms with Crippen LogP contribution < -0.4 is 5.32 Å². The number of carbonyl (C=O) groups is 2. The van der Waals surface area contributed by atoms with Gasteiger partial charge in [-0.05, 0) is 17.7 Å². The number of ether oxygens (including phenoxy) is 1. The number of aromatic nitrogens is 1. The molecule has 0 saturated carbocycles. The number of amides is 1. The predicted octanol–water partition coefficient (Wildman–Crippen LogP) is 3.79. The number of benzene rings is 2. The Morgan fingerprint density at radius 3 is 2.61 bits per heavy atom. The summed E-state index contributed by atoms with van der Waals surface area (Å²) in [6, 6.07) is 16.6. The summed E-state index contributed by atoms with van der Waals surface area (Å²) in [6.07, 6.45) is 2.04. The zero-order valence-corrected chi connectivity index (χ0v) is 15.8. The lowest BCUT2D eigenvalue weighted by Crippen LogP contribution is -2.30. The smallest absolute Gasteiger partial charge is 0.325 e. The van der Waals surface area contributed by atoms with E-state index in [0.717, 1.165) is 11.1 Å². The first kappa shape index (κ1) is 19.6. The van der Waals surface area contributed by atoms with Crippen LogP contribution in [0.3, 0.4) is 0 Å². The van der Waals surface area contributed by atoms with Crippen molar-refractivity contribution in [2.45, 2.75) is 19.4 Å². The Morgan fingerprint density at radius 1 is 1.07 bits per heavy atom. The number of rotatable bonds is 8. The summed E-state index contributed by atoms with van der Waals surface area (Å²) in [5.74, 6) is 0.200. The molecule has 1 heterocycles. The minimum absolute atomic E-state index is 0.147. The Hall–Kier alpha value is -3.12. The number of halogens is 1. The standard InChI is InChI=1S/C21H19ClN2O4/c22-17-9-5-4-8-16(17)18-12-24-20(28-18)11-10-19(25)23-13-21(26)27-14-15-6-2-1-3-7-15/h1-9,12H,10-11,13-14H2,(H,23,25). The van der Waals surface area contributed by atoms with Crippen molar-refractivity contribution < 1.29 is 18.7 Å². The van der Waals surface area contributed by atoms with Gasteiger partial charge in [0, 0.05) is 18.4 Å². The van der Waals surface area contributed by atoms with E-state index in [-0.39, 0.29) is 25.5 Å². The normalized spacial score (nSPS) is 10.5. The van der Waals surface area contributed by atoms with Crippen molar-refractivity contribution in [3.05, 3.63) is 77.3 Å². The van der Waals surface area contributed by atoms with E-state index in [2.05, 4.69) is 10.3 Å².